The summed E-state index contributed by atoms with van der Waals surface area (Å²) in [6.45, 7) is 1.15. The average molecular weight is 375 g/mol. The van der Waals surface area contributed by atoms with Crippen molar-refractivity contribution in [1.82, 2.24) is 4.90 Å². The number of para-hydroxylation sites is 1. The second-order valence-corrected chi connectivity index (χ2v) is 7.77. The summed E-state index contributed by atoms with van der Waals surface area (Å²) < 4.78 is 13.3. The molecule has 0 aliphatic carbocycles. The van der Waals surface area contributed by atoms with E-state index in [1.165, 1.54) is 0 Å². The normalized spacial score (nSPS) is 17.7. The lowest BCUT2D eigenvalue weighted by Gasteiger charge is -2.24. The van der Waals surface area contributed by atoms with Gasteiger partial charge in [0.15, 0.2) is 0 Å². The van der Waals surface area contributed by atoms with Crippen molar-refractivity contribution in [2.24, 2.45) is 0 Å². The highest BCUT2D eigenvalue weighted by molar-refractivity contribution is 7.95. The minimum absolute atomic E-state index is 0.0134. The lowest BCUT2D eigenvalue weighted by Crippen LogP contribution is -2.36. The van der Waals surface area contributed by atoms with E-state index in [1.807, 2.05) is 67.5 Å². The summed E-state index contributed by atoms with van der Waals surface area (Å²) in [7, 11) is 2.35. The largest absolute Gasteiger partial charge is 0.308 e. The van der Waals surface area contributed by atoms with Crippen LogP contribution in [-0.2, 0) is 15.6 Å². The number of anilines is 1. The van der Waals surface area contributed by atoms with Gasteiger partial charge < -0.3 is 9.80 Å². The average Bonchev–Trinajstić information content (AvgIpc) is 2.69. The molecule has 0 radical (unpaired) electrons. The Morgan fingerprint density at radius 3 is 2.36 bits per heavy atom. The molecule has 6 heteroatoms. The van der Waals surface area contributed by atoms with E-state index in [0.717, 1.165) is 0 Å². The zero-order valence-electron chi connectivity index (χ0n) is 14.1. The third kappa shape index (κ3) is 3.54. The predicted octanol–water partition coefficient (Wildman–Crippen LogP) is 3.31. The molecule has 1 heterocycles. The Kier molecular flexibility index (Phi) is 5.37. The van der Waals surface area contributed by atoms with Crippen LogP contribution in [0, 0.1) is 0 Å². The molecule has 4 nitrogen and oxygen atoms in total. The quantitative estimate of drug-likeness (QED) is 0.824. The molecule has 0 N–H and O–H groups in total. The molecule has 130 valence electrons. The first kappa shape index (κ1) is 17.9. The summed E-state index contributed by atoms with van der Waals surface area (Å²) in [6.07, 6.45) is 0. The lowest BCUT2D eigenvalue weighted by atomic mass is 10.2. The standard InChI is InChI=1S/C19H19ClN2O2S/c1-21(2)12-13-22-15-10-6-7-11-16(15)25(24)18(17(20)19(22)23)14-8-4-3-5-9-14/h3-11H,12-13H2,1-2H3. The number of benzene rings is 2. The number of carbonyl (C=O) groups is 1. The van der Waals surface area contributed by atoms with Gasteiger partial charge in [0.2, 0.25) is 0 Å². The van der Waals surface area contributed by atoms with E-state index >= 15 is 0 Å². The highest BCUT2D eigenvalue weighted by Crippen LogP contribution is 2.38. The van der Waals surface area contributed by atoms with Crippen LogP contribution in [0.3, 0.4) is 0 Å². The number of amides is 1. The highest BCUT2D eigenvalue weighted by Gasteiger charge is 2.32. The minimum Gasteiger partial charge on any atom is -0.308 e. The fourth-order valence-corrected chi connectivity index (χ4v) is 4.51. The van der Waals surface area contributed by atoms with Gasteiger partial charge in [-0.1, -0.05) is 54.1 Å². The topological polar surface area (TPSA) is 40.6 Å². The van der Waals surface area contributed by atoms with Crippen LogP contribution in [0.2, 0.25) is 0 Å². The number of rotatable bonds is 4. The van der Waals surface area contributed by atoms with Crippen LogP contribution in [0.1, 0.15) is 5.56 Å². The molecule has 1 aliphatic heterocycles. The first-order valence-corrected chi connectivity index (χ1v) is 9.46. The van der Waals surface area contributed by atoms with Gasteiger partial charge in [-0.05, 0) is 31.8 Å². The fourth-order valence-electron chi connectivity index (χ4n) is 2.70. The second-order valence-electron chi connectivity index (χ2n) is 6.01. The van der Waals surface area contributed by atoms with Crippen molar-refractivity contribution in [2.45, 2.75) is 4.90 Å². The van der Waals surface area contributed by atoms with E-state index in [9.17, 15) is 9.00 Å². The van der Waals surface area contributed by atoms with Crippen LogP contribution in [0.25, 0.3) is 4.91 Å². The molecule has 1 aliphatic rings. The van der Waals surface area contributed by atoms with Crippen LogP contribution < -0.4 is 4.90 Å². The van der Waals surface area contributed by atoms with Crippen LogP contribution in [0.5, 0.6) is 0 Å². The summed E-state index contributed by atoms with van der Waals surface area (Å²) in [4.78, 5) is 17.6. The first-order valence-electron chi connectivity index (χ1n) is 7.93. The number of hydrogen-bond acceptors (Lipinski definition) is 3. The molecule has 0 fully saturated rings. The van der Waals surface area contributed by atoms with Crippen molar-refractivity contribution in [3.63, 3.8) is 0 Å². The zero-order chi connectivity index (χ0) is 18.0. The van der Waals surface area contributed by atoms with Crippen molar-refractivity contribution in [3.8, 4) is 0 Å². The first-order chi connectivity index (χ1) is 12.0. The van der Waals surface area contributed by atoms with Gasteiger partial charge in [-0.3, -0.25) is 4.79 Å². The third-order valence-electron chi connectivity index (χ3n) is 3.98. The van der Waals surface area contributed by atoms with Crippen molar-refractivity contribution in [3.05, 3.63) is 65.2 Å². The number of fused-ring (bicyclic) bond motifs is 1. The van der Waals surface area contributed by atoms with Gasteiger partial charge in [0, 0.05) is 13.1 Å². The maximum Gasteiger partial charge on any atom is 0.271 e. The number of likely N-dealkylation sites (N-methyl/N-ethyl adjacent to an activating group) is 1. The van der Waals surface area contributed by atoms with Gasteiger partial charge in [0.1, 0.15) is 5.03 Å². The number of halogens is 1. The molecule has 3 rings (SSSR count). The Morgan fingerprint density at radius 2 is 1.68 bits per heavy atom. The molecule has 0 aromatic heterocycles. The summed E-state index contributed by atoms with van der Waals surface area (Å²) in [5.74, 6) is -0.319. The maximum absolute atomic E-state index is 13.3. The highest BCUT2D eigenvalue weighted by atomic mass is 35.5. The Bertz CT molecular complexity index is 850. The van der Waals surface area contributed by atoms with Crippen LogP contribution >= 0.6 is 11.6 Å². The van der Waals surface area contributed by atoms with E-state index < -0.39 is 10.8 Å². The maximum atomic E-state index is 13.3. The van der Waals surface area contributed by atoms with E-state index in [2.05, 4.69) is 0 Å². The fraction of sp³-hybridized carbons (Fsp3) is 0.211. The molecule has 2 aromatic carbocycles. The molecule has 25 heavy (non-hydrogen) atoms. The summed E-state index contributed by atoms with van der Waals surface area (Å²) in [5, 5.41) is 0.0134. The molecule has 1 amide bonds. The summed E-state index contributed by atoms with van der Waals surface area (Å²) in [5.41, 5.74) is 1.35. The third-order valence-corrected chi connectivity index (χ3v) is 6.00. The second kappa shape index (κ2) is 7.52. The van der Waals surface area contributed by atoms with Crippen LogP contribution in [-0.4, -0.2) is 42.2 Å². The molecule has 0 saturated heterocycles. The molecule has 2 aromatic rings. The van der Waals surface area contributed by atoms with Gasteiger partial charge in [-0.2, -0.15) is 0 Å². The molecule has 0 saturated carbocycles. The van der Waals surface area contributed by atoms with Crippen molar-refractivity contribution < 1.29 is 9.00 Å². The summed E-state index contributed by atoms with van der Waals surface area (Å²) >= 11 is 6.45. The zero-order valence-corrected chi connectivity index (χ0v) is 15.7. The lowest BCUT2D eigenvalue weighted by molar-refractivity contribution is -0.114. The van der Waals surface area contributed by atoms with E-state index in [1.54, 1.807) is 11.0 Å². The molecule has 1 atom stereocenters. The Morgan fingerprint density at radius 1 is 1.04 bits per heavy atom. The number of hydrogen-bond donors (Lipinski definition) is 0. The molecule has 0 spiro atoms. The van der Waals surface area contributed by atoms with Crippen LogP contribution in [0.4, 0.5) is 5.69 Å². The van der Waals surface area contributed by atoms with E-state index in [0.29, 0.717) is 34.1 Å². The van der Waals surface area contributed by atoms with Gasteiger partial charge in [0.05, 0.1) is 26.3 Å². The van der Waals surface area contributed by atoms with Gasteiger partial charge in [-0.25, -0.2) is 4.21 Å². The minimum atomic E-state index is -1.54. The molecular weight excluding hydrogens is 356 g/mol. The Balaban J connectivity index is 2.17. The van der Waals surface area contributed by atoms with Gasteiger partial charge in [-0.15, -0.1) is 0 Å². The van der Waals surface area contributed by atoms with Crippen molar-refractivity contribution in [2.75, 3.05) is 32.1 Å². The SMILES string of the molecule is CN(C)CCN1C(=O)C(Cl)=C(c2ccccc2)S(=O)c2ccccc21. The molecule has 1 unspecified atom stereocenters. The van der Waals surface area contributed by atoms with Crippen molar-refractivity contribution in [1.29, 1.82) is 0 Å². The molecular formula is C19H19ClN2O2S. The number of carbonyl (C=O) groups excluding carboxylic acids is 1. The smallest absolute Gasteiger partial charge is 0.271 e. The van der Waals surface area contributed by atoms with Gasteiger partial charge >= 0.3 is 0 Å². The molecule has 0 bridgehead atoms. The summed E-state index contributed by atoms with van der Waals surface area (Å²) in [6, 6.07) is 16.5. The monoisotopic (exact) mass is 374 g/mol. The van der Waals surface area contributed by atoms with Crippen LogP contribution in [0.15, 0.2) is 64.5 Å². The van der Waals surface area contributed by atoms with E-state index in [-0.39, 0.29) is 10.9 Å². The predicted molar refractivity (Wildman–Crippen MR) is 103 cm³/mol. The Labute approximate surface area is 155 Å². The van der Waals surface area contributed by atoms with Gasteiger partial charge in [0.25, 0.3) is 5.91 Å². The number of nitrogens with zero attached hydrogens (tertiary/aromatic N) is 2. The van der Waals surface area contributed by atoms with E-state index in [4.69, 9.17) is 11.6 Å². The van der Waals surface area contributed by atoms with Crippen molar-refractivity contribution >= 4 is 38.9 Å². The Hall–Kier alpha value is -1.95.